The molecule has 0 atom stereocenters. The topological polar surface area (TPSA) is 37.8 Å². The number of anilines is 2. The van der Waals surface area contributed by atoms with Gasteiger partial charge in [0.2, 0.25) is 0 Å². The fraction of sp³-hybridized carbons (Fsp3) is 0.286. The average Bonchev–Trinajstić information content (AvgIpc) is 2.69. The molecule has 4 heteroatoms. The van der Waals surface area contributed by atoms with Crippen LogP contribution in [0.1, 0.15) is 37.9 Å². The lowest BCUT2D eigenvalue weighted by atomic mass is 9.86. The summed E-state index contributed by atoms with van der Waals surface area (Å²) in [6, 6.07) is 18.2. The standard InChI is InChI=1S/C21H21N3S/c25-19(15-9-3-1-4-10-15)21-23-18-14-8-7-13-17(18)20(24-21)22-16-11-5-2-6-12-16/h2,5-8,11-15H,1,3-4,9-10H2,(H,22,23,24). The highest BCUT2D eigenvalue weighted by atomic mass is 32.1. The van der Waals surface area contributed by atoms with Crippen molar-refractivity contribution in [2.45, 2.75) is 32.1 Å². The first-order valence-electron chi connectivity index (χ1n) is 8.94. The van der Waals surface area contributed by atoms with Crippen molar-refractivity contribution in [2.75, 3.05) is 5.32 Å². The first-order valence-corrected chi connectivity index (χ1v) is 9.35. The molecule has 0 radical (unpaired) electrons. The van der Waals surface area contributed by atoms with Crippen molar-refractivity contribution < 1.29 is 0 Å². The minimum absolute atomic E-state index is 0.439. The molecule has 0 unspecified atom stereocenters. The Morgan fingerprint density at radius 3 is 2.40 bits per heavy atom. The van der Waals surface area contributed by atoms with Gasteiger partial charge in [0.15, 0.2) is 5.82 Å². The molecule has 0 amide bonds. The van der Waals surface area contributed by atoms with Crippen LogP contribution in [0.25, 0.3) is 10.9 Å². The van der Waals surface area contributed by atoms with Gasteiger partial charge in [-0.2, -0.15) is 0 Å². The fourth-order valence-electron chi connectivity index (χ4n) is 3.49. The molecule has 3 aromatic rings. The largest absolute Gasteiger partial charge is 0.340 e. The third-order valence-electron chi connectivity index (χ3n) is 4.84. The molecule has 126 valence electrons. The van der Waals surface area contributed by atoms with Gasteiger partial charge in [0.1, 0.15) is 5.82 Å². The summed E-state index contributed by atoms with van der Waals surface area (Å²) in [7, 11) is 0. The maximum Gasteiger partial charge on any atom is 0.169 e. The van der Waals surface area contributed by atoms with Crippen molar-refractivity contribution in [1.82, 2.24) is 9.97 Å². The van der Waals surface area contributed by atoms with E-state index >= 15 is 0 Å². The second-order valence-electron chi connectivity index (χ2n) is 6.60. The van der Waals surface area contributed by atoms with Crippen molar-refractivity contribution >= 4 is 39.5 Å². The van der Waals surface area contributed by atoms with Crippen LogP contribution in [-0.2, 0) is 0 Å². The highest BCUT2D eigenvalue weighted by Gasteiger charge is 2.22. The Balaban J connectivity index is 1.74. The predicted molar refractivity (Wildman–Crippen MR) is 108 cm³/mol. The molecule has 0 bridgehead atoms. The van der Waals surface area contributed by atoms with Gasteiger partial charge in [-0.25, -0.2) is 9.97 Å². The molecule has 0 saturated heterocycles. The molecule has 0 aliphatic heterocycles. The van der Waals surface area contributed by atoms with E-state index in [1.807, 2.05) is 54.6 Å². The van der Waals surface area contributed by atoms with Gasteiger partial charge in [0, 0.05) is 11.1 Å². The quantitative estimate of drug-likeness (QED) is 0.487. The molecule has 1 aromatic heterocycles. The van der Waals surface area contributed by atoms with E-state index in [1.54, 1.807) is 0 Å². The van der Waals surface area contributed by atoms with E-state index in [0.29, 0.717) is 11.7 Å². The van der Waals surface area contributed by atoms with Gasteiger partial charge in [-0.3, -0.25) is 0 Å². The number of para-hydroxylation sites is 2. The van der Waals surface area contributed by atoms with E-state index in [1.165, 1.54) is 19.3 Å². The summed E-state index contributed by atoms with van der Waals surface area (Å²) in [6.07, 6.45) is 6.16. The van der Waals surface area contributed by atoms with Crippen LogP contribution >= 0.6 is 12.2 Å². The molecule has 4 rings (SSSR count). The molecule has 1 N–H and O–H groups in total. The first kappa shape index (κ1) is 16.2. The number of nitrogens with zero attached hydrogens (tertiary/aromatic N) is 2. The lowest BCUT2D eigenvalue weighted by molar-refractivity contribution is 0.442. The van der Waals surface area contributed by atoms with Gasteiger partial charge in [0.25, 0.3) is 0 Å². The van der Waals surface area contributed by atoms with Crippen LogP contribution in [0.15, 0.2) is 54.6 Å². The number of benzene rings is 2. The lowest BCUT2D eigenvalue weighted by Gasteiger charge is -2.22. The number of hydrogen-bond donors (Lipinski definition) is 1. The lowest BCUT2D eigenvalue weighted by Crippen LogP contribution is -2.19. The summed E-state index contributed by atoms with van der Waals surface area (Å²) in [5.41, 5.74) is 1.95. The second-order valence-corrected chi connectivity index (χ2v) is 7.04. The van der Waals surface area contributed by atoms with Crippen LogP contribution in [0.4, 0.5) is 11.5 Å². The van der Waals surface area contributed by atoms with Gasteiger partial charge in [-0.05, 0) is 43.0 Å². The highest BCUT2D eigenvalue weighted by molar-refractivity contribution is 7.80. The zero-order valence-electron chi connectivity index (χ0n) is 14.1. The SMILES string of the molecule is S=C(c1nc(Nc2ccccc2)c2ccccc2n1)C1CCCCC1. The van der Waals surface area contributed by atoms with E-state index in [0.717, 1.165) is 40.1 Å². The van der Waals surface area contributed by atoms with Gasteiger partial charge in [-0.15, -0.1) is 0 Å². The van der Waals surface area contributed by atoms with E-state index in [-0.39, 0.29) is 0 Å². The first-order chi connectivity index (χ1) is 12.3. The summed E-state index contributed by atoms with van der Waals surface area (Å²) in [4.78, 5) is 10.5. The Hall–Kier alpha value is -2.33. The minimum Gasteiger partial charge on any atom is -0.340 e. The van der Waals surface area contributed by atoms with E-state index in [4.69, 9.17) is 22.2 Å². The number of fused-ring (bicyclic) bond motifs is 1. The molecule has 25 heavy (non-hydrogen) atoms. The maximum absolute atomic E-state index is 5.77. The second kappa shape index (κ2) is 7.28. The number of hydrogen-bond acceptors (Lipinski definition) is 4. The van der Waals surface area contributed by atoms with E-state index < -0.39 is 0 Å². The molecule has 1 aliphatic carbocycles. The van der Waals surface area contributed by atoms with Gasteiger partial charge in [-0.1, -0.05) is 61.8 Å². The summed E-state index contributed by atoms with van der Waals surface area (Å²) in [5, 5.41) is 4.45. The third-order valence-corrected chi connectivity index (χ3v) is 5.35. The van der Waals surface area contributed by atoms with Crippen LogP contribution < -0.4 is 5.32 Å². The van der Waals surface area contributed by atoms with Gasteiger partial charge < -0.3 is 5.32 Å². The van der Waals surface area contributed by atoms with Crippen molar-refractivity contribution in [3.05, 3.63) is 60.4 Å². The van der Waals surface area contributed by atoms with Crippen LogP contribution in [-0.4, -0.2) is 14.8 Å². The molecule has 1 aliphatic rings. The molecule has 1 fully saturated rings. The van der Waals surface area contributed by atoms with Crippen molar-refractivity contribution in [1.29, 1.82) is 0 Å². The minimum atomic E-state index is 0.439. The fourth-order valence-corrected chi connectivity index (χ4v) is 3.81. The van der Waals surface area contributed by atoms with Crippen molar-refractivity contribution in [3.8, 4) is 0 Å². The highest BCUT2D eigenvalue weighted by Crippen LogP contribution is 2.29. The molecular formula is C21H21N3S. The Morgan fingerprint density at radius 2 is 1.60 bits per heavy atom. The molecular weight excluding hydrogens is 326 g/mol. The smallest absolute Gasteiger partial charge is 0.169 e. The molecule has 0 spiro atoms. The van der Waals surface area contributed by atoms with E-state index in [9.17, 15) is 0 Å². The predicted octanol–water partition coefficient (Wildman–Crippen LogP) is 5.67. The van der Waals surface area contributed by atoms with Crippen LogP contribution in [0.2, 0.25) is 0 Å². The zero-order chi connectivity index (χ0) is 17.1. The summed E-state index contributed by atoms with van der Waals surface area (Å²) in [5.74, 6) is 1.97. The molecule has 2 aromatic carbocycles. The number of aromatic nitrogens is 2. The van der Waals surface area contributed by atoms with Crippen molar-refractivity contribution in [3.63, 3.8) is 0 Å². The summed E-state index contributed by atoms with van der Waals surface area (Å²) >= 11 is 5.77. The summed E-state index contributed by atoms with van der Waals surface area (Å²) < 4.78 is 0. The Labute approximate surface area is 153 Å². The maximum atomic E-state index is 5.77. The summed E-state index contributed by atoms with van der Waals surface area (Å²) in [6.45, 7) is 0. The molecule has 3 nitrogen and oxygen atoms in total. The van der Waals surface area contributed by atoms with Gasteiger partial charge in [0.05, 0.1) is 10.4 Å². The average molecular weight is 347 g/mol. The Morgan fingerprint density at radius 1 is 0.880 bits per heavy atom. The number of rotatable bonds is 4. The third kappa shape index (κ3) is 3.54. The Bertz CT molecular complexity index is 886. The van der Waals surface area contributed by atoms with Gasteiger partial charge >= 0.3 is 0 Å². The van der Waals surface area contributed by atoms with Crippen LogP contribution in [0.3, 0.4) is 0 Å². The number of nitrogens with one attached hydrogen (secondary N) is 1. The normalized spacial score (nSPS) is 15.2. The Kier molecular flexibility index (Phi) is 4.70. The van der Waals surface area contributed by atoms with E-state index in [2.05, 4.69) is 5.32 Å². The van der Waals surface area contributed by atoms with Crippen LogP contribution in [0.5, 0.6) is 0 Å². The monoisotopic (exact) mass is 347 g/mol. The number of thiocarbonyl (C=S) groups is 1. The molecule has 1 saturated carbocycles. The zero-order valence-corrected chi connectivity index (χ0v) is 14.9. The molecule has 1 heterocycles. The van der Waals surface area contributed by atoms with Crippen LogP contribution in [0, 0.1) is 5.92 Å². The van der Waals surface area contributed by atoms with Crippen molar-refractivity contribution in [2.24, 2.45) is 5.92 Å².